The number of aliphatic hydroxyl groups excluding tert-OH is 1. The molecule has 0 aromatic rings. The van der Waals surface area contributed by atoms with Gasteiger partial charge in [0.05, 0.1) is 5.88 Å². The Kier molecular flexibility index (Phi) is 5.34. The number of aliphatic hydroxyl groups is 1. The number of hydrogen-bond acceptors (Lipinski definition) is 7. The average Bonchev–Trinajstić information content (AvgIpc) is 2.78. The fourth-order valence-corrected chi connectivity index (χ4v) is 5.97. The molecule has 0 aromatic carbocycles. The molecule has 0 spiro atoms. The molecule has 0 radical (unpaired) electrons. The summed E-state index contributed by atoms with van der Waals surface area (Å²) in [5, 5.41) is 24.5. The van der Waals surface area contributed by atoms with Gasteiger partial charge in [-0.3, -0.25) is 4.79 Å². The number of nitrogens with one attached hydrogen (secondary N) is 2. The quantitative estimate of drug-likeness (QED) is 0.565. The zero-order chi connectivity index (χ0) is 14.8. The van der Waals surface area contributed by atoms with Gasteiger partial charge < -0.3 is 15.5 Å². The molecule has 3 fully saturated rings. The Labute approximate surface area is 133 Å². The monoisotopic (exact) mass is 333 g/mol. The molecule has 4 N–H and O–H groups in total. The van der Waals surface area contributed by atoms with Gasteiger partial charge in [0.25, 0.3) is 0 Å². The Hall–Kier alpha value is 0.01000. The van der Waals surface area contributed by atoms with Gasteiger partial charge in [-0.05, 0) is 18.6 Å². The van der Waals surface area contributed by atoms with Crippen LogP contribution in [0.1, 0.15) is 12.8 Å². The maximum atomic E-state index is 11.2. The minimum Gasteiger partial charge on any atom is -0.480 e. The summed E-state index contributed by atoms with van der Waals surface area (Å²) in [5.41, 5.74) is 3.60. The molecule has 3 aliphatic heterocycles. The van der Waals surface area contributed by atoms with E-state index in [1.165, 1.54) is 12.2 Å². The van der Waals surface area contributed by atoms with E-state index in [4.69, 9.17) is 0 Å². The third kappa shape index (κ3) is 3.51. The van der Waals surface area contributed by atoms with Gasteiger partial charge in [-0.2, -0.15) is 11.8 Å². The second-order valence-corrected chi connectivity index (χ2v) is 8.25. The Morgan fingerprint density at radius 1 is 1.43 bits per heavy atom. The van der Waals surface area contributed by atoms with Crippen LogP contribution in [0.5, 0.6) is 0 Å². The van der Waals surface area contributed by atoms with Crippen LogP contribution in [0.15, 0.2) is 0 Å². The molecule has 3 rings (SSSR count). The molecule has 5 atom stereocenters. The molecule has 3 aliphatic rings. The largest absolute Gasteiger partial charge is 0.480 e. The van der Waals surface area contributed by atoms with Gasteiger partial charge >= 0.3 is 5.97 Å². The van der Waals surface area contributed by atoms with E-state index < -0.39 is 12.0 Å². The van der Waals surface area contributed by atoms with Crippen molar-refractivity contribution in [2.24, 2.45) is 5.92 Å². The highest BCUT2D eigenvalue weighted by Gasteiger charge is 2.42. The maximum absolute atomic E-state index is 11.2. The van der Waals surface area contributed by atoms with Gasteiger partial charge in [-0.25, -0.2) is 10.4 Å². The lowest BCUT2D eigenvalue weighted by atomic mass is 9.96. The van der Waals surface area contributed by atoms with Crippen LogP contribution >= 0.6 is 23.5 Å². The lowest BCUT2D eigenvalue weighted by Crippen LogP contribution is -2.47. The molecule has 0 aromatic heterocycles. The summed E-state index contributed by atoms with van der Waals surface area (Å²) in [4.78, 5) is 11.2. The SMILES string of the molecule is O=C(O)[C@@H]1CS[C@H]([C@H]2C[C@@H]3CCSCN3N2)[C@@H](CO)CN1. The number of nitrogens with zero attached hydrogens (tertiary/aromatic N) is 1. The molecule has 3 saturated heterocycles. The molecule has 0 saturated carbocycles. The summed E-state index contributed by atoms with van der Waals surface area (Å²) in [7, 11) is 0. The zero-order valence-electron chi connectivity index (χ0n) is 11.9. The van der Waals surface area contributed by atoms with Crippen LogP contribution < -0.4 is 10.7 Å². The first-order valence-corrected chi connectivity index (χ1v) is 9.68. The predicted molar refractivity (Wildman–Crippen MR) is 85.4 cm³/mol. The van der Waals surface area contributed by atoms with Crippen molar-refractivity contribution in [3.05, 3.63) is 0 Å². The van der Waals surface area contributed by atoms with E-state index in [9.17, 15) is 15.0 Å². The lowest BCUT2D eigenvalue weighted by molar-refractivity contribution is -0.138. The van der Waals surface area contributed by atoms with E-state index in [0.717, 1.165) is 12.3 Å². The third-order valence-electron chi connectivity index (χ3n) is 4.60. The van der Waals surface area contributed by atoms with E-state index in [2.05, 4.69) is 15.8 Å². The van der Waals surface area contributed by atoms with Crippen LogP contribution in [-0.4, -0.2) is 75.1 Å². The summed E-state index contributed by atoms with van der Waals surface area (Å²) >= 11 is 3.65. The van der Waals surface area contributed by atoms with E-state index >= 15 is 0 Å². The second kappa shape index (κ2) is 7.06. The highest BCUT2D eigenvalue weighted by atomic mass is 32.2. The van der Waals surface area contributed by atoms with Crippen molar-refractivity contribution in [2.75, 3.05) is 30.5 Å². The smallest absolute Gasteiger partial charge is 0.321 e. The normalized spacial score (nSPS) is 41.5. The van der Waals surface area contributed by atoms with E-state index in [0.29, 0.717) is 24.4 Å². The number of hydrogen-bond donors (Lipinski definition) is 4. The minimum absolute atomic E-state index is 0.103. The highest BCUT2D eigenvalue weighted by molar-refractivity contribution is 8.00. The molecule has 8 heteroatoms. The van der Waals surface area contributed by atoms with Gasteiger partial charge in [0.1, 0.15) is 6.04 Å². The predicted octanol–water partition coefficient (Wildman–Crippen LogP) is -0.205. The van der Waals surface area contributed by atoms with Crippen LogP contribution in [0.25, 0.3) is 0 Å². The molecule has 0 amide bonds. The van der Waals surface area contributed by atoms with E-state index in [1.807, 2.05) is 11.8 Å². The average molecular weight is 333 g/mol. The second-order valence-electron chi connectivity index (χ2n) is 5.96. The summed E-state index contributed by atoms with van der Waals surface area (Å²) < 4.78 is 0. The molecule has 6 nitrogen and oxygen atoms in total. The Morgan fingerprint density at radius 3 is 3.00 bits per heavy atom. The van der Waals surface area contributed by atoms with Crippen molar-refractivity contribution in [3.63, 3.8) is 0 Å². The van der Waals surface area contributed by atoms with Crippen LogP contribution in [0.4, 0.5) is 0 Å². The summed E-state index contributed by atoms with van der Waals surface area (Å²) in [6.07, 6.45) is 2.32. The molecule has 0 bridgehead atoms. The number of carboxylic acid groups (broad SMARTS) is 1. The molecule has 0 aliphatic carbocycles. The summed E-state index contributed by atoms with van der Waals surface area (Å²) in [5.74, 6) is 2.12. The molecular formula is C13H23N3O3S2. The number of carboxylic acids is 1. The molecule has 3 heterocycles. The zero-order valence-corrected chi connectivity index (χ0v) is 13.5. The first kappa shape index (κ1) is 15.9. The third-order valence-corrected chi connectivity index (χ3v) is 7.21. The van der Waals surface area contributed by atoms with Gasteiger partial charge in [0.2, 0.25) is 0 Å². The van der Waals surface area contributed by atoms with Crippen molar-refractivity contribution in [1.82, 2.24) is 15.8 Å². The molecule has 21 heavy (non-hydrogen) atoms. The number of rotatable bonds is 3. The van der Waals surface area contributed by atoms with Crippen molar-refractivity contribution in [1.29, 1.82) is 0 Å². The van der Waals surface area contributed by atoms with Crippen molar-refractivity contribution in [3.8, 4) is 0 Å². The summed E-state index contributed by atoms with van der Waals surface area (Å²) in [6, 6.07) is 0.432. The fraction of sp³-hybridized carbons (Fsp3) is 0.923. The minimum atomic E-state index is -0.798. The fourth-order valence-electron chi connectivity index (χ4n) is 3.38. The maximum Gasteiger partial charge on any atom is 0.321 e. The molecule has 0 unspecified atom stereocenters. The van der Waals surface area contributed by atoms with Gasteiger partial charge in [0, 0.05) is 42.2 Å². The summed E-state index contributed by atoms with van der Waals surface area (Å²) in [6.45, 7) is 0.678. The standard InChI is InChI=1S/C13H23N3O3S2/c17-5-8-4-14-11(13(18)19)6-21-12(8)10-3-9-1-2-20-7-16(9)15-10/h8-12,14-15,17H,1-7H2,(H,18,19)/t8-,9+,10-,11+,12+/m1/s1. The van der Waals surface area contributed by atoms with Crippen LogP contribution in [-0.2, 0) is 4.79 Å². The Balaban J connectivity index is 1.66. The number of carbonyl (C=O) groups is 1. The molecular weight excluding hydrogens is 310 g/mol. The van der Waals surface area contributed by atoms with Crippen molar-refractivity contribution < 1.29 is 15.0 Å². The number of hydrazine groups is 1. The topological polar surface area (TPSA) is 84.8 Å². The lowest BCUT2D eigenvalue weighted by Gasteiger charge is -2.30. The van der Waals surface area contributed by atoms with Crippen molar-refractivity contribution >= 4 is 29.5 Å². The highest BCUT2D eigenvalue weighted by Crippen LogP contribution is 2.35. The van der Waals surface area contributed by atoms with Crippen LogP contribution in [0.2, 0.25) is 0 Å². The van der Waals surface area contributed by atoms with Gasteiger partial charge in [-0.1, -0.05) is 0 Å². The molecule has 120 valence electrons. The van der Waals surface area contributed by atoms with Crippen molar-refractivity contribution in [2.45, 2.75) is 36.2 Å². The number of thioether (sulfide) groups is 2. The Morgan fingerprint density at radius 2 is 2.29 bits per heavy atom. The van der Waals surface area contributed by atoms with Crippen LogP contribution in [0, 0.1) is 5.92 Å². The van der Waals surface area contributed by atoms with Crippen LogP contribution in [0.3, 0.4) is 0 Å². The van der Waals surface area contributed by atoms with E-state index in [-0.39, 0.29) is 17.8 Å². The van der Waals surface area contributed by atoms with E-state index in [1.54, 1.807) is 11.8 Å². The van der Waals surface area contributed by atoms with Gasteiger partial charge in [0.15, 0.2) is 0 Å². The van der Waals surface area contributed by atoms with Gasteiger partial charge in [-0.15, -0.1) is 11.8 Å². The first-order valence-electron chi connectivity index (χ1n) is 7.48. The Bertz CT molecular complexity index is 374. The number of aliphatic carboxylic acids is 1. The number of fused-ring (bicyclic) bond motifs is 1. The first-order chi connectivity index (χ1) is 10.2.